The summed E-state index contributed by atoms with van der Waals surface area (Å²) in [6, 6.07) is 1.87. The number of esters is 5. The third kappa shape index (κ3) is 6.38. The number of allylic oxidation sites excluding steroid dienone is 2. The summed E-state index contributed by atoms with van der Waals surface area (Å²) in [6.45, 7) is 17.6. The molecule has 3 fully saturated rings. The summed E-state index contributed by atoms with van der Waals surface area (Å²) in [5.74, 6) is -4.55. The third-order valence-corrected chi connectivity index (χ3v) is 12.7. The van der Waals surface area contributed by atoms with E-state index < -0.39 is 94.4 Å². The molecule has 12 nitrogen and oxygen atoms in total. The highest BCUT2D eigenvalue weighted by Gasteiger charge is 2.77. The molecule has 0 bridgehead atoms. The summed E-state index contributed by atoms with van der Waals surface area (Å²) < 4.78 is 42.7. The molecule has 12 heteroatoms. The molecule has 11 atom stereocenters. The number of ether oxygens (including phenoxy) is 6. The smallest absolute Gasteiger partial charge is 0.333 e. The zero-order chi connectivity index (χ0) is 38.5. The van der Waals surface area contributed by atoms with Crippen LogP contribution in [-0.4, -0.2) is 74.1 Å². The maximum Gasteiger partial charge on any atom is 0.333 e. The largest absolute Gasteiger partial charge is 0.472 e. The molecule has 2 saturated carbocycles. The summed E-state index contributed by atoms with van der Waals surface area (Å²) in [7, 11) is 1.31. The maximum atomic E-state index is 13.8. The predicted octanol–water partition coefficient (Wildman–Crippen LogP) is 6.02. The molecule has 5 rings (SSSR count). The number of rotatable bonds is 10. The number of carbonyl (C=O) groups excluding carboxylic acids is 5. The van der Waals surface area contributed by atoms with Gasteiger partial charge in [-0.25, -0.2) is 4.79 Å². The molecule has 1 aromatic heterocycles. The molecule has 52 heavy (non-hydrogen) atoms. The van der Waals surface area contributed by atoms with Crippen molar-refractivity contribution in [1.82, 2.24) is 0 Å². The SMILES string of the molecule is C/C=C(\C)C(=O)O[C@H]1C[C@@H](OC(C)=O)[C@@]2(C)CO[C@H]3[C@@H](OC(=O)C(C)C)[C@@](C)(C4=C(C)[C@H](c5ccoc5)C[C@@H]4OC(C)=O)[C@H](CC(=O)OC)[C@]1(C)[C@@H]32. The molecule has 0 aromatic carbocycles. The summed E-state index contributed by atoms with van der Waals surface area (Å²) in [6.07, 6.45) is 1.08. The van der Waals surface area contributed by atoms with Crippen molar-refractivity contribution in [3.63, 3.8) is 0 Å². The minimum absolute atomic E-state index is 0.134. The Morgan fingerprint density at radius 1 is 0.962 bits per heavy atom. The van der Waals surface area contributed by atoms with Gasteiger partial charge in [-0.15, -0.1) is 0 Å². The topological polar surface area (TPSA) is 154 Å². The Balaban J connectivity index is 1.85. The van der Waals surface area contributed by atoms with E-state index in [4.69, 9.17) is 32.8 Å². The first kappa shape index (κ1) is 39.3. The first-order valence-electron chi connectivity index (χ1n) is 18.2. The quantitative estimate of drug-likeness (QED) is 0.120. The zero-order valence-electron chi connectivity index (χ0n) is 32.2. The number of hydrogen-bond acceptors (Lipinski definition) is 12. The molecule has 4 aliphatic rings. The van der Waals surface area contributed by atoms with Crippen molar-refractivity contribution in [3.8, 4) is 0 Å². The lowest BCUT2D eigenvalue weighted by Crippen LogP contribution is -2.72. The Kier molecular flexibility index (Phi) is 10.9. The number of furan rings is 1. The molecule has 1 aromatic rings. The fraction of sp³-hybridized carbons (Fsp3) is 0.675. The van der Waals surface area contributed by atoms with Crippen LogP contribution in [0.25, 0.3) is 0 Å². The molecule has 0 spiro atoms. The average Bonchev–Trinajstić information content (AvgIpc) is 3.81. The lowest BCUT2D eigenvalue weighted by Gasteiger charge is -2.66. The number of methoxy groups -OCH3 is 1. The van der Waals surface area contributed by atoms with Crippen LogP contribution in [-0.2, 0) is 52.4 Å². The van der Waals surface area contributed by atoms with E-state index in [-0.39, 0.29) is 25.4 Å². The van der Waals surface area contributed by atoms with Gasteiger partial charge in [-0.1, -0.05) is 46.3 Å². The summed E-state index contributed by atoms with van der Waals surface area (Å²) in [5, 5.41) is 0. The van der Waals surface area contributed by atoms with Gasteiger partial charge in [0.1, 0.15) is 24.4 Å². The van der Waals surface area contributed by atoms with Gasteiger partial charge in [-0.3, -0.25) is 19.2 Å². The Labute approximate surface area is 305 Å². The lowest BCUT2D eigenvalue weighted by molar-refractivity contribution is -0.261. The van der Waals surface area contributed by atoms with Gasteiger partial charge in [-0.2, -0.15) is 0 Å². The van der Waals surface area contributed by atoms with Gasteiger partial charge in [0.15, 0.2) is 0 Å². The van der Waals surface area contributed by atoms with E-state index in [1.165, 1.54) is 21.0 Å². The van der Waals surface area contributed by atoms with Crippen molar-refractivity contribution in [2.45, 2.75) is 125 Å². The Morgan fingerprint density at radius 3 is 2.19 bits per heavy atom. The van der Waals surface area contributed by atoms with Crippen molar-refractivity contribution in [1.29, 1.82) is 0 Å². The van der Waals surface area contributed by atoms with Gasteiger partial charge < -0.3 is 32.8 Å². The lowest BCUT2D eigenvalue weighted by atomic mass is 9.39. The van der Waals surface area contributed by atoms with Crippen LogP contribution in [0, 0.1) is 34.0 Å². The van der Waals surface area contributed by atoms with Crippen LogP contribution in [0.4, 0.5) is 0 Å². The maximum absolute atomic E-state index is 13.8. The fourth-order valence-corrected chi connectivity index (χ4v) is 10.3. The van der Waals surface area contributed by atoms with Crippen molar-refractivity contribution in [2.75, 3.05) is 13.7 Å². The normalized spacial score (nSPS) is 37.0. The van der Waals surface area contributed by atoms with Gasteiger partial charge in [0.2, 0.25) is 0 Å². The summed E-state index contributed by atoms with van der Waals surface area (Å²) >= 11 is 0. The molecule has 2 heterocycles. The minimum Gasteiger partial charge on any atom is -0.472 e. The van der Waals surface area contributed by atoms with Crippen LogP contribution in [0.2, 0.25) is 0 Å². The van der Waals surface area contributed by atoms with Crippen molar-refractivity contribution < 1.29 is 56.8 Å². The van der Waals surface area contributed by atoms with Crippen LogP contribution < -0.4 is 0 Å². The Morgan fingerprint density at radius 2 is 1.63 bits per heavy atom. The second-order valence-corrected chi connectivity index (χ2v) is 16.0. The van der Waals surface area contributed by atoms with E-state index in [0.29, 0.717) is 17.6 Å². The molecule has 3 aliphatic carbocycles. The first-order valence-corrected chi connectivity index (χ1v) is 18.2. The van der Waals surface area contributed by atoms with Gasteiger partial charge >= 0.3 is 29.8 Å². The van der Waals surface area contributed by atoms with E-state index in [1.54, 1.807) is 46.3 Å². The Hall–Kier alpha value is -3.93. The van der Waals surface area contributed by atoms with E-state index in [0.717, 1.165) is 11.1 Å². The van der Waals surface area contributed by atoms with Gasteiger partial charge in [0.25, 0.3) is 0 Å². The van der Waals surface area contributed by atoms with Gasteiger partial charge in [0, 0.05) is 60.3 Å². The van der Waals surface area contributed by atoms with E-state index >= 15 is 0 Å². The fourth-order valence-electron chi connectivity index (χ4n) is 10.3. The van der Waals surface area contributed by atoms with Crippen LogP contribution in [0.1, 0.15) is 100.0 Å². The highest BCUT2D eigenvalue weighted by atomic mass is 16.6. The second-order valence-electron chi connectivity index (χ2n) is 16.0. The molecule has 0 N–H and O–H groups in total. The highest BCUT2D eigenvalue weighted by Crippen LogP contribution is 2.72. The molecule has 286 valence electrons. The number of hydrogen-bond donors (Lipinski definition) is 0. The first-order chi connectivity index (χ1) is 24.4. The molecular weight excluding hydrogens is 672 g/mol. The van der Waals surface area contributed by atoms with Gasteiger partial charge in [0.05, 0.1) is 38.3 Å². The number of carbonyl (C=O) groups is 5. The van der Waals surface area contributed by atoms with Crippen LogP contribution >= 0.6 is 0 Å². The van der Waals surface area contributed by atoms with E-state index in [2.05, 4.69) is 0 Å². The molecule has 0 amide bonds. The Bertz CT molecular complexity index is 1640. The molecule has 0 radical (unpaired) electrons. The standard InChI is InChI=1S/C40H54O12/c1-12-21(4)37(45)51-30-17-29(50-24(7)42)38(8)19-48-33-34(38)39(30,9)28(16-31(43)46-11)40(10,35(33)52-36(44)20(2)3)32-22(5)26(25-13-14-47-18-25)15-27(32)49-23(6)41/h12-14,18,20,26-30,33-35H,15-17,19H2,1-11H3/b21-12+/t26-,27+,28-,29-,30+,33-,34+,35-,38-,39+,40-/m1/s1. The van der Waals surface area contributed by atoms with Crippen molar-refractivity contribution >= 4 is 29.8 Å². The monoisotopic (exact) mass is 726 g/mol. The third-order valence-electron chi connectivity index (χ3n) is 12.7. The molecule has 1 saturated heterocycles. The van der Waals surface area contributed by atoms with E-state index in [1.807, 2.05) is 33.8 Å². The predicted molar refractivity (Wildman–Crippen MR) is 186 cm³/mol. The molecule has 0 unspecified atom stereocenters. The van der Waals surface area contributed by atoms with Crippen LogP contribution in [0.15, 0.2) is 45.8 Å². The van der Waals surface area contributed by atoms with Crippen molar-refractivity contribution in [3.05, 3.63) is 47.0 Å². The van der Waals surface area contributed by atoms with Crippen LogP contribution in [0.3, 0.4) is 0 Å². The van der Waals surface area contributed by atoms with Crippen LogP contribution in [0.5, 0.6) is 0 Å². The second kappa shape index (κ2) is 14.5. The molecule has 1 aliphatic heterocycles. The average molecular weight is 727 g/mol. The summed E-state index contributed by atoms with van der Waals surface area (Å²) in [5.41, 5.74) is -0.301. The van der Waals surface area contributed by atoms with Crippen molar-refractivity contribution in [2.24, 2.45) is 34.0 Å². The summed E-state index contributed by atoms with van der Waals surface area (Å²) in [4.78, 5) is 66.5. The van der Waals surface area contributed by atoms with E-state index in [9.17, 15) is 24.0 Å². The molecular formula is C40H54O12. The zero-order valence-corrected chi connectivity index (χ0v) is 32.2. The van der Waals surface area contributed by atoms with Gasteiger partial charge in [-0.05, 0) is 50.3 Å². The highest BCUT2D eigenvalue weighted by molar-refractivity contribution is 5.87. The minimum atomic E-state index is -1.25.